The third-order valence-electron chi connectivity index (χ3n) is 5.84. The summed E-state index contributed by atoms with van der Waals surface area (Å²) in [5.74, 6) is 0.373. The first kappa shape index (κ1) is 20.3. The maximum atomic E-state index is 14.0. The lowest BCUT2D eigenvalue weighted by Gasteiger charge is -2.35. The molecule has 1 aliphatic rings. The van der Waals surface area contributed by atoms with Gasteiger partial charge in [-0.15, -0.1) is 0 Å². The Labute approximate surface area is 161 Å². The predicted molar refractivity (Wildman–Crippen MR) is 109 cm³/mol. The number of hydrogen-bond donors (Lipinski definition) is 3. The van der Waals surface area contributed by atoms with Gasteiger partial charge in [0.1, 0.15) is 5.82 Å². The molecule has 2 aromatic carbocycles. The average molecular weight is 372 g/mol. The van der Waals surface area contributed by atoms with E-state index in [0.29, 0.717) is 17.6 Å². The highest BCUT2D eigenvalue weighted by Gasteiger charge is 2.24. The van der Waals surface area contributed by atoms with Crippen LogP contribution in [0.2, 0.25) is 6.32 Å². The third kappa shape index (κ3) is 5.51. The van der Waals surface area contributed by atoms with Crippen LogP contribution in [0.5, 0.6) is 0 Å². The number of piperidine rings is 1. The van der Waals surface area contributed by atoms with Gasteiger partial charge in [-0.2, -0.15) is 0 Å². The van der Waals surface area contributed by atoms with E-state index in [-0.39, 0.29) is 11.9 Å². The Morgan fingerprint density at radius 2 is 1.78 bits per heavy atom. The molecule has 1 aliphatic heterocycles. The highest BCUT2D eigenvalue weighted by Crippen LogP contribution is 2.27. The van der Waals surface area contributed by atoms with Crippen molar-refractivity contribution in [2.75, 3.05) is 13.1 Å². The molecule has 146 valence electrons. The van der Waals surface area contributed by atoms with Crippen molar-refractivity contribution in [2.45, 2.75) is 51.0 Å². The van der Waals surface area contributed by atoms with Crippen LogP contribution in [0, 0.1) is 11.7 Å². The molecule has 0 aliphatic carbocycles. The number of unbranched alkanes of at least 4 members (excludes halogenated alkanes) is 1. The van der Waals surface area contributed by atoms with Crippen molar-refractivity contribution in [2.24, 2.45) is 11.7 Å². The van der Waals surface area contributed by atoms with Gasteiger partial charge in [0.25, 0.3) is 0 Å². The van der Waals surface area contributed by atoms with Gasteiger partial charge in [-0.1, -0.05) is 43.2 Å². The maximum absolute atomic E-state index is 14.0. The fraction of sp³-hybridized carbons (Fsp3) is 0.524. The molecule has 0 aromatic heterocycles. The van der Waals surface area contributed by atoms with E-state index in [1.807, 2.05) is 30.3 Å². The molecule has 0 bridgehead atoms. The number of hydrogen-bond acceptors (Lipinski definition) is 4. The normalized spacial score (nSPS) is 17.3. The van der Waals surface area contributed by atoms with E-state index < -0.39 is 7.12 Å². The highest BCUT2D eigenvalue weighted by molar-refractivity contribution is 6.40. The summed E-state index contributed by atoms with van der Waals surface area (Å²) in [5, 5.41) is 19.5. The first-order valence-corrected chi connectivity index (χ1v) is 10.0. The van der Waals surface area contributed by atoms with Crippen molar-refractivity contribution in [1.29, 1.82) is 0 Å². The van der Waals surface area contributed by atoms with Gasteiger partial charge in [0.05, 0.1) is 0 Å². The quantitative estimate of drug-likeness (QED) is 0.492. The van der Waals surface area contributed by atoms with Crippen LogP contribution < -0.4 is 5.73 Å². The molecule has 1 heterocycles. The fourth-order valence-corrected chi connectivity index (χ4v) is 4.19. The van der Waals surface area contributed by atoms with Crippen LogP contribution in [0.4, 0.5) is 4.39 Å². The van der Waals surface area contributed by atoms with Gasteiger partial charge in [-0.05, 0) is 61.6 Å². The van der Waals surface area contributed by atoms with Crippen LogP contribution in [0.1, 0.15) is 37.7 Å². The number of likely N-dealkylation sites (tertiary alicyclic amines) is 1. The Kier molecular flexibility index (Phi) is 7.24. The molecule has 0 radical (unpaired) electrons. The Bertz CT molecular complexity index is 735. The molecule has 4 N–H and O–H groups in total. The van der Waals surface area contributed by atoms with Crippen molar-refractivity contribution in [3.05, 3.63) is 47.8 Å². The number of fused-ring (bicyclic) bond motifs is 1. The molecule has 2 aromatic rings. The van der Waals surface area contributed by atoms with Crippen LogP contribution in [0.25, 0.3) is 10.8 Å². The van der Waals surface area contributed by atoms with Crippen LogP contribution in [-0.4, -0.2) is 41.2 Å². The van der Waals surface area contributed by atoms with Gasteiger partial charge in [-0.3, -0.25) is 4.90 Å². The van der Waals surface area contributed by atoms with E-state index in [1.165, 1.54) is 5.56 Å². The minimum absolute atomic E-state index is 0.159. The largest absolute Gasteiger partial charge is 0.451 e. The van der Waals surface area contributed by atoms with Crippen LogP contribution in [0.3, 0.4) is 0 Å². The highest BCUT2D eigenvalue weighted by atomic mass is 19.1. The molecule has 4 nitrogen and oxygen atoms in total. The standard InChI is InChI=1S/C21H30BFN2O2/c23-20-9-8-17(18-5-1-2-6-19(18)20)15-25-13-10-16(11-14-25)21(24)7-3-4-12-22(26)27/h1-2,5-6,8-9,16,21,26-27H,3-4,7,10-15,24H2. The summed E-state index contributed by atoms with van der Waals surface area (Å²) in [4.78, 5) is 2.44. The second kappa shape index (κ2) is 9.65. The van der Waals surface area contributed by atoms with E-state index in [2.05, 4.69) is 4.90 Å². The lowest BCUT2D eigenvalue weighted by atomic mass is 9.82. The Hall–Kier alpha value is -1.47. The van der Waals surface area contributed by atoms with E-state index in [0.717, 1.165) is 57.1 Å². The van der Waals surface area contributed by atoms with E-state index in [9.17, 15) is 4.39 Å². The Morgan fingerprint density at radius 3 is 2.48 bits per heavy atom. The lowest BCUT2D eigenvalue weighted by Crippen LogP contribution is -2.40. The topological polar surface area (TPSA) is 69.7 Å². The zero-order valence-corrected chi connectivity index (χ0v) is 15.9. The Morgan fingerprint density at radius 1 is 1.07 bits per heavy atom. The summed E-state index contributed by atoms with van der Waals surface area (Å²) in [7, 11) is -1.20. The minimum atomic E-state index is -1.20. The molecule has 1 fully saturated rings. The minimum Gasteiger partial charge on any atom is -0.427 e. The van der Waals surface area contributed by atoms with Gasteiger partial charge in [0.2, 0.25) is 0 Å². The molecule has 0 saturated carbocycles. The van der Waals surface area contributed by atoms with Gasteiger partial charge in [0, 0.05) is 18.0 Å². The SMILES string of the molecule is NC(CCCCB(O)O)C1CCN(Cc2ccc(F)c3ccccc23)CC1. The van der Waals surface area contributed by atoms with Gasteiger partial charge in [-0.25, -0.2) is 4.39 Å². The summed E-state index contributed by atoms with van der Waals surface area (Å²) >= 11 is 0. The molecule has 6 heteroatoms. The van der Waals surface area contributed by atoms with Crippen LogP contribution in [-0.2, 0) is 6.54 Å². The molecule has 27 heavy (non-hydrogen) atoms. The second-order valence-electron chi connectivity index (χ2n) is 7.79. The van der Waals surface area contributed by atoms with E-state index in [4.69, 9.17) is 15.8 Å². The van der Waals surface area contributed by atoms with Crippen molar-refractivity contribution in [1.82, 2.24) is 4.90 Å². The predicted octanol–water partition coefficient (Wildman–Crippen LogP) is 3.16. The monoisotopic (exact) mass is 372 g/mol. The molecular weight excluding hydrogens is 342 g/mol. The number of nitrogens with two attached hydrogens (primary N) is 1. The number of halogens is 1. The van der Waals surface area contributed by atoms with Crippen molar-refractivity contribution >= 4 is 17.9 Å². The van der Waals surface area contributed by atoms with Crippen molar-refractivity contribution in [3.8, 4) is 0 Å². The molecule has 1 atom stereocenters. The maximum Gasteiger partial charge on any atom is 0.451 e. The third-order valence-corrected chi connectivity index (χ3v) is 5.84. The zero-order valence-electron chi connectivity index (χ0n) is 15.9. The van der Waals surface area contributed by atoms with Crippen LogP contribution in [0.15, 0.2) is 36.4 Å². The molecule has 3 rings (SSSR count). The molecule has 0 amide bonds. The number of nitrogens with zero attached hydrogens (tertiary/aromatic N) is 1. The Balaban J connectivity index is 1.49. The van der Waals surface area contributed by atoms with Crippen LogP contribution >= 0.6 is 0 Å². The van der Waals surface area contributed by atoms with Gasteiger partial charge in [0.15, 0.2) is 0 Å². The van der Waals surface area contributed by atoms with E-state index in [1.54, 1.807) is 6.07 Å². The number of benzene rings is 2. The first-order chi connectivity index (χ1) is 13.0. The summed E-state index contributed by atoms with van der Waals surface area (Å²) in [6.45, 7) is 2.87. The van der Waals surface area contributed by atoms with Crippen molar-refractivity contribution < 1.29 is 14.4 Å². The molecule has 1 unspecified atom stereocenters. The summed E-state index contributed by atoms with van der Waals surface area (Å²) in [6, 6.07) is 11.4. The lowest BCUT2D eigenvalue weighted by molar-refractivity contribution is 0.159. The van der Waals surface area contributed by atoms with Gasteiger partial charge >= 0.3 is 7.12 Å². The molecule has 1 saturated heterocycles. The number of rotatable bonds is 8. The van der Waals surface area contributed by atoms with E-state index >= 15 is 0 Å². The van der Waals surface area contributed by atoms with Crippen molar-refractivity contribution in [3.63, 3.8) is 0 Å². The van der Waals surface area contributed by atoms with Gasteiger partial charge < -0.3 is 15.8 Å². The summed E-state index contributed by atoms with van der Waals surface area (Å²) in [5.41, 5.74) is 7.55. The smallest absolute Gasteiger partial charge is 0.427 e. The second-order valence-corrected chi connectivity index (χ2v) is 7.79. The summed E-state index contributed by atoms with van der Waals surface area (Å²) in [6.07, 6.45) is 5.30. The molecular formula is C21H30BFN2O2. The average Bonchev–Trinajstić information content (AvgIpc) is 2.68. The zero-order chi connectivity index (χ0) is 19.2. The first-order valence-electron chi connectivity index (χ1n) is 10.0. The fourth-order valence-electron chi connectivity index (χ4n) is 4.19. The molecule has 0 spiro atoms. The summed E-state index contributed by atoms with van der Waals surface area (Å²) < 4.78 is 14.0.